The molecule has 0 aromatic carbocycles. The Balaban J connectivity index is 2.44. The number of nitrogens with one attached hydrogen (secondary N) is 1. The lowest BCUT2D eigenvalue weighted by atomic mass is 10.3. The van der Waals surface area contributed by atoms with Crippen molar-refractivity contribution >= 4 is 5.97 Å². The molecule has 0 aromatic heterocycles. The molecule has 1 rings (SSSR count). The van der Waals surface area contributed by atoms with Gasteiger partial charge in [0.05, 0.1) is 6.61 Å². The maximum Gasteiger partial charge on any atom is 0.332 e. The molecule has 1 heterocycles. The molecule has 80 valence electrons. The van der Waals surface area contributed by atoms with Crippen molar-refractivity contribution in [1.82, 2.24) is 10.2 Å². The normalized spacial score (nSPS) is 18.1. The maximum atomic E-state index is 11.2. The van der Waals surface area contributed by atoms with Crippen molar-refractivity contribution in [3.8, 4) is 0 Å². The third-order valence-corrected chi connectivity index (χ3v) is 2.23. The van der Waals surface area contributed by atoms with Crippen LogP contribution in [0.2, 0.25) is 0 Å². The van der Waals surface area contributed by atoms with Crippen LogP contribution >= 0.6 is 0 Å². The Morgan fingerprint density at radius 2 is 2.14 bits per heavy atom. The average molecular weight is 198 g/mol. The van der Waals surface area contributed by atoms with Crippen LogP contribution in [-0.4, -0.2) is 43.7 Å². The minimum atomic E-state index is -0.247. The van der Waals surface area contributed by atoms with E-state index in [1.165, 1.54) is 0 Å². The molecule has 1 fully saturated rings. The summed E-state index contributed by atoms with van der Waals surface area (Å²) in [6.45, 7) is 8.07. The molecule has 1 aliphatic rings. The van der Waals surface area contributed by atoms with Gasteiger partial charge in [-0.3, -0.25) is 0 Å². The van der Waals surface area contributed by atoms with Gasteiger partial charge in [0.2, 0.25) is 0 Å². The van der Waals surface area contributed by atoms with E-state index in [9.17, 15) is 4.79 Å². The summed E-state index contributed by atoms with van der Waals surface area (Å²) in [7, 11) is 0. The highest BCUT2D eigenvalue weighted by Gasteiger charge is 2.10. The number of esters is 1. The number of rotatable bonds is 3. The third kappa shape index (κ3) is 3.38. The summed E-state index contributed by atoms with van der Waals surface area (Å²) in [6.07, 6.45) is 1.56. The van der Waals surface area contributed by atoms with E-state index < -0.39 is 0 Å². The fraction of sp³-hybridized carbons (Fsp3) is 0.700. The first kappa shape index (κ1) is 11.0. The minimum absolute atomic E-state index is 0.247. The van der Waals surface area contributed by atoms with Crippen LogP contribution < -0.4 is 5.32 Å². The zero-order valence-corrected chi connectivity index (χ0v) is 8.88. The van der Waals surface area contributed by atoms with E-state index in [-0.39, 0.29) is 5.97 Å². The van der Waals surface area contributed by atoms with Crippen molar-refractivity contribution in [3.05, 3.63) is 11.8 Å². The second-order valence-corrected chi connectivity index (χ2v) is 3.27. The van der Waals surface area contributed by atoms with Crippen molar-refractivity contribution in [2.75, 3.05) is 32.8 Å². The summed E-state index contributed by atoms with van der Waals surface area (Å²) in [5.74, 6) is -0.247. The van der Waals surface area contributed by atoms with Gasteiger partial charge in [0.15, 0.2) is 0 Å². The van der Waals surface area contributed by atoms with Gasteiger partial charge in [-0.05, 0) is 13.8 Å². The molecule has 14 heavy (non-hydrogen) atoms. The predicted molar refractivity (Wildman–Crippen MR) is 54.8 cm³/mol. The van der Waals surface area contributed by atoms with Crippen LogP contribution in [0.15, 0.2) is 11.8 Å². The fourth-order valence-electron chi connectivity index (χ4n) is 1.46. The third-order valence-electron chi connectivity index (χ3n) is 2.23. The summed E-state index contributed by atoms with van der Waals surface area (Å²) in [4.78, 5) is 13.3. The second-order valence-electron chi connectivity index (χ2n) is 3.27. The topological polar surface area (TPSA) is 41.6 Å². The maximum absolute atomic E-state index is 11.2. The average Bonchev–Trinajstić information content (AvgIpc) is 2.19. The molecular weight excluding hydrogens is 180 g/mol. The Kier molecular flexibility index (Phi) is 4.46. The molecule has 0 spiro atoms. The Labute approximate surface area is 84.9 Å². The SMILES string of the molecule is CCOC(=O)/C=C(\C)N1CCNCC1. The summed E-state index contributed by atoms with van der Waals surface area (Å²) in [6, 6.07) is 0. The predicted octanol–water partition coefficient (Wildman–Crippen LogP) is 0.359. The van der Waals surface area contributed by atoms with Gasteiger partial charge in [0, 0.05) is 38.0 Å². The number of ether oxygens (including phenoxy) is 1. The van der Waals surface area contributed by atoms with Crippen molar-refractivity contribution in [2.45, 2.75) is 13.8 Å². The van der Waals surface area contributed by atoms with Crippen LogP contribution in [-0.2, 0) is 9.53 Å². The molecule has 1 saturated heterocycles. The molecule has 0 unspecified atom stereocenters. The van der Waals surface area contributed by atoms with E-state index in [2.05, 4.69) is 10.2 Å². The van der Waals surface area contributed by atoms with E-state index in [0.717, 1.165) is 31.9 Å². The number of nitrogens with zero attached hydrogens (tertiary/aromatic N) is 1. The van der Waals surface area contributed by atoms with Gasteiger partial charge in [-0.1, -0.05) is 0 Å². The van der Waals surface area contributed by atoms with Crippen LogP contribution in [0.25, 0.3) is 0 Å². The molecule has 4 nitrogen and oxygen atoms in total. The van der Waals surface area contributed by atoms with Crippen molar-refractivity contribution in [1.29, 1.82) is 0 Å². The summed E-state index contributed by atoms with van der Waals surface area (Å²) < 4.78 is 4.85. The molecule has 0 bridgehead atoms. The monoisotopic (exact) mass is 198 g/mol. The Morgan fingerprint density at radius 1 is 1.50 bits per heavy atom. The Bertz CT molecular complexity index is 220. The number of carbonyl (C=O) groups is 1. The number of piperazine rings is 1. The molecule has 4 heteroatoms. The molecule has 0 atom stereocenters. The second kappa shape index (κ2) is 5.65. The molecule has 1 N–H and O–H groups in total. The van der Waals surface area contributed by atoms with Crippen LogP contribution in [0.5, 0.6) is 0 Å². The zero-order valence-electron chi connectivity index (χ0n) is 8.88. The van der Waals surface area contributed by atoms with Crippen LogP contribution in [0.1, 0.15) is 13.8 Å². The van der Waals surface area contributed by atoms with E-state index >= 15 is 0 Å². The first-order valence-electron chi connectivity index (χ1n) is 5.04. The van der Waals surface area contributed by atoms with Gasteiger partial charge in [-0.2, -0.15) is 0 Å². The van der Waals surface area contributed by atoms with Crippen molar-refractivity contribution in [2.24, 2.45) is 0 Å². The highest BCUT2D eigenvalue weighted by atomic mass is 16.5. The molecule has 0 aliphatic carbocycles. The highest BCUT2D eigenvalue weighted by molar-refractivity contribution is 5.82. The van der Waals surface area contributed by atoms with Crippen LogP contribution in [0.4, 0.5) is 0 Å². The Morgan fingerprint density at radius 3 is 2.71 bits per heavy atom. The van der Waals surface area contributed by atoms with Crippen LogP contribution in [0.3, 0.4) is 0 Å². The van der Waals surface area contributed by atoms with Crippen molar-refractivity contribution < 1.29 is 9.53 Å². The van der Waals surface area contributed by atoms with E-state index in [4.69, 9.17) is 4.74 Å². The number of hydrogen-bond donors (Lipinski definition) is 1. The number of allylic oxidation sites excluding steroid dienone is 1. The van der Waals surface area contributed by atoms with E-state index in [1.54, 1.807) is 6.08 Å². The fourth-order valence-corrected chi connectivity index (χ4v) is 1.46. The molecule has 1 aliphatic heterocycles. The van der Waals surface area contributed by atoms with Crippen LogP contribution in [0, 0.1) is 0 Å². The minimum Gasteiger partial charge on any atom is -0.463 e. The number of carbonyl (C=O) groups excluding carboxylic acids is 1. The van der Waals surface area contributed by atoms with Crippen molar-refractivity contribution in [3.63, 3.8) is 0 Å². The Hall–Kier alpha value is -1.03. The van der Waals surface area contributed by atoms with Gasteiger partial charge >= 0.3 is 5.97 Å². The molecular formula is C10H18N2O2. The number of hydrogen-bond acceptors (Lipinski definition) is 4. The molecule has 0 amide bonds. The summed E-state index contributed by atoms with van der Waals surface area (Å²) in [5, 5.41) is 3.26. The summed E-state index contributed by atoms with van der Waals surface area (Å²) in [5.41, 5.74) is 0.991. The van der Waals surface area contributed by atoms with Gasteiger partial charge in [0.1, 0.15) is 0 Å². The largest absolute Gasteiger partial charge is 0.463 e. The van der Waals surface area contributed by atoms with Gasteiger partial charge < -0.3 is 15.0 Å². The smallest absolute Gasteiger partial charge is 0.332 e. The molecule has 0 saturated carbocycles. The first-order valence-corrected chi connectivity index (χ1v) is 5.04. The van der Waals surface area contributed by atoms with Gasteiger partial charge in [0.25, 0.3) is 0 Å². The lowest BCUT2D eigenvalue weighted by molar-refractivity contribution is -0.137. The van der Waals surface area contributed by atoms with E-state index in [0.29, 0.717) is 6.61 Å². The highest BCUT2D eigenvalue weighted by Crippen LogP contribution is 2.04. The first-order chi connectivity index (χ1) is 6.74. The summed E-state index contributed by atoms with van der Waals surface area (Å²) >= 11 is 0. The standard InChI is InChI=1S/C10H18N2O2/c1-3-14-10(13)8-9(2)12-6-4-11-5-7-12/h8,11H,3-7H2,1-2H3/b9-8+. The van der Waals surface area contributed by atoms with E-state index in [1.807, 2.05) is 13.8 Å². The van der Waals surface area contributed by atoms with Gasteiger partial charge in [-0.15, -0.1) is 0 Å². The zero-order chi connectivity index (χ0) is 10.4. The lowest BCUT2D eigenvalue weighted by Crippen LogP contribution is -2.42. The quantitative estimate of drug-likeness (QED) is 0.525. The molecule has 0 aromatic rings. The molecule has 0 radical (unpaired) electrons. The van der Waals surface area contributed by atoms with Gasteiger partial charge in [-0.25, -0.2) is 4.79 Å². The lowest BCUT2D eigenvalue weighted by Gasteiger charge is -2.29.